The van der Waals surface area contributed by atoms with Crippen molar-refractivity contribution in [3.8, 4) is 5.75 Å². The van der Waals surface area contributed by atoms with E-state index in [0.29, 0.717) is 22.3 Å². The molecule has 0 atom stereocenters. The smallest absolute Gasteiger partial charge is 0.244 e. The maximum Gasteiger partial charge on any atom is 0.244 e. The first-order valence-corrected chi connectivity index (χ1v) is 8.28. The molecule has 0 fully saturated rings. The first-order valence-electron chi connectivity index (χ1n) is 7.52. The maximum absolute atomic E-state index is 12.2. The van der Waals surface area contributed by atoms with Gasteiger partial charge in [-0.3, -0.25) is 9.59 Å². The zero-order valence-electron chi connectivity index (χ0n) is 13.9. The Labute approximate surface area is 156 Å². The Morgan fingerprint density at radius 1 is 1.08 bits per heavy atom. The number of carbonyl (C=O) groups excluding carboxylic acids is 2. The highest BCUT2D eigenvalue weighted by molar-refractivity contribution is 6.42. The van der Waals surface area contributed by atoms with Crippen molar-refractivity contribution in [3.63, 3.8) is 0 Å². The largest absolute Gasteiger partial charge is 0.497 e. The summed E-state index contributed by atoms with van der Waals surface area (Å²) in [7, 11) is 1.59. The number of carbonyl (C=O) groups is 2. The molecular weight excluding hydrogens is 363 g/mol. The maximum atomic E-state index is 12.2. The summed E-state index contributed by atoms with van der Waals surface area (Å²) in [6, 6.07) is 12.1. The lowest BCUT2D eigenvalue weighted by Gasteiger charge is -2.21. The molecule has 132 valence electrons. The van der Waals surface area contributed by atoms with E-state index in [1.165, 1.54) is 11.8 Å². The van der Waals surface area contributed by atoms with Crippen molar-refractivity contribution in [1.29, 1.82) is 0 Å². The van der Waals surface area contributed by atoms with Gasteiger partial charge in [-0.15, -0.1) is 0 Å². The Hall–Kier alpha value is -2.24. The van der Waals surface area contributed by atoms with Crippen molar-refractivity contribution in [2.24, 2.45) is 0 Å². The van der Waals surface area contributed by atoms with E-state index in [1.54, 1.807) is 25.3 Å². The zero-order chi connectivity index (χ0) is 18.4. The van der Waals surface area contributed by atoms with Crippen molar-refractivity contribution >= 4 is 40.7 Å². The molecule has 0 aliphatic heterocycles. The highest BCUT2D eigenvalue weighted by Gasteiger charge is 2.15. The topological polar surface area (TPSA) is 58.6 Å². The normalized spacial score (nSPS) is 10.2. The Balaban J connectivity index is 2.00. The molecule has 0 radical (unpaired) electrons. The van der Waals surface area contributed by atoms with Gasteiger partial charge in [0.05, 0.1) is 17.2 Å². The third kappa shape index (κ3) is 5.66. The van der Waals surface area contributed by atoms with E-state index in [-0.39, 0.29) is 18.4 Å². The van der Waals surface area contributed by atoms with E-state index in [2.05, 4.69) is 5.32 Å². The predicted octanol–water partition coefficient (Wildman–Crippen LogP) is 3.99. The Morgan fingerprint density at radius 3 is 2.32 bits per heavy atom. The fourth-order valence-corrected chi connectivity index (χ4v) is 2.48. The molecule has 0 bridgehead atoms. The molecular formula is C18H18Cl2N2O3. The van der Waals surface area contributed by atoms with Crippen LogP contribution < -0.4 is 10.1 Å². The van der Waals surface area contributed by atoms with Crippen LogP contribution in [-0.4, -0.2) is 30.4 Å². The van der Waals surface area contributed by atoms with Crippen LogP contribution in [0.3, 0.4) is 0 Å². The molecule has 1 N–H and O–H groups in total. The van der Waals surface area contributed by atoms with Crippen LogP contribution in [0, 0.1) is 0 Å². The number of nitrogens with one attached hydrogen (secondary N) is 1. The van der Waals surface area contributed by atoms with Gasteiger partial charge in [0.1, 0.15) is 12.3 Å². The number of hydrogen-bond donors (Lipinski definition) is 1. The van der Waals surface area contributed by atoms with Crippen LogP contribution in [0.4, 0.5) is 5.69 Å². The molecule has 0 aliphatic carbocycles. The van der Waals surface area contributed by atoms with Gasteiger partial charge in [0.2, 0.25) is 11.8 Å². The van der Waals surface area contributed by atoms with Crippen molar-refractivity contribution in [2.75, 3.05) is 19.0 Å². The first-order chi connectivity index (χ1) is 11.9. The molecule has 2 aromatic carbocycles. The van der Waals surface area contributed by atoms with Crippen LogP contribution in [0.15, 0.2) is 42.5 Å². The molecule has 0 aliphatic rings. The summed E-state index contributed by atoms with van der Waals surface area (Å²) < 4.78 is 5.11. The number of methoxy groups -OCH3 is 1. The number of anilines is 1. The third-order valence-electron chi connectivity index (χ3n) is 3.52. The molecule has 25 heavy (non-hydrogen) atoms. The summed E-state index contributed by atoms with van der Waals surface area (Å²) in [5.74, 6) is 0.220. The Morgan fingerprint density at radius 2 is 1.76 bits per heavy atom. The van der Waals surface area contributed by atoms with Crippen molar-refractivity contribution in [2.45, 2.75) is 13.5 Å². The quantitative estimate of drug-likeness (QED) is 0.823. The number of hydrogen-bond acceptors (Lipinski definition) is 3. The SMILES string of the molecule is COc1ccc(CN(CC(=O)Nc2ccc(Cl)c(Cl)c2)C(C)=O)cc1. The van der Waals surface area contributed by atoms with Crippen LogP contribution in [0.25, 0.3) is 0 Å². The average molecular weight is 381 g/mol. The minimum Gasteiger partial charge on any atom is -0.497 e. The van der Waals surface area contributed by atoms with Gasteiger partial charge in [-0.25, -0.2) is 0 Å². The summed E-state index contributed by atoms with van der Waals surface area (Å²) in [4.78, 5) is 25.5. The summed E-state index contributed by atoms with van der Waals surface area (Å²) >= 11 is 11.8. The highest BCUT2D eigenvalue weighted by Crippen LogP contribution is 2.25. The second kappa shape index (κ2) is 8.74. The van der Waals surface area contributed by atoms with Gasteiger partial charge in [-0.05, 0) is 35.9 Å². The van der Waals surface area contributed by atoms with E-state index < -0.39 is 0 Å². The second-order valence-electron chi connectivity index (χ2n) is 5.40. The lowest BCUT2D eigenvalue weighted by Crippen LogP contribution is -2.36. The van der Waals surface area contributed by atoms with Crippen LogP contribution in [0.2, 0.25) is 10.0 Å². The fourth-order valence-electron chi connectivity index (χ4n) is 2.18. The van der Waals surface area contributed by atoms with Crippen molar-refractivity contribution in [3.05, 3.63) is 58.1 Å². The van der Waals surface area contributed by atoms with Gasteiger partial charge < -0.3 is 15.0 Å². The molecule has 2 aromatic rings. The highest BCUT2D eigenvalue weighted by atomic mass is 35.5. The molecule has 0 heterocycles. The predicted molar refractivity (Wildman–Crippen MR) is 99.2 cm³/mol. The second-order valence-corrected chi connectivity index (χ2v) is 6.21. The standard InChI is InChI=1S/C18H18Cl2N2O3/c1-12(23)22(10-13-3-6-15(25-2)7-4-13)11-18(24)21-14-5-8-16(19)17(20)9-14/h3-9H,10-11H2,1-2H3,(H,21,24). The van der Waals surface area contributed by atoms with Gasteiger partial charge in [0.25, 0.3) is 0 Å². The molecule has 7 heteroatoms. The summed E-state index contributed by atoms with van der Waals surface area (Å²) in [5, 5.41) is 3.46. The minimum absolute atomic E-state index is 0.0678. The molecule has 0 saturated carbocycles. The van der Waals surface area contributed by atoms with Gasteiger partial charge in [-0.1, -0.05) is 35.3 Å². The van der Waals surface area contributed by atoms with Gasteiger partial charge >= 0.3 is 0 Å². The van der Waals surface area contributed by atoms with Crippen molar-refractivity contribution < 1.29 is 14.3 Å². The number of rotatable bonds is 6. The van der Waals surface area contributed by atoms with Crippen LogP contribution in [0.1, 0.15) is 12.5 Å². The van der Waals surface area contributed by atoms with Crippen molar-refractivity contribution in [1.82, 2.24) is 4.90 Å². The number of halogens is 2. The van der Waals surface area contributed by atoms with E-state index in [1.807, 2.05) is 24.3 Å². The van der Waals surface area contributed by atoms with E-state index >= 15 is 0 Å². The summed E-state index contributed by atoms with van der Waals surface area (Å²) in [6.07, 6.45) is 0. The molecule has 0 spiro atoms. The third-order valence-corrected chi connectivity index (χ3v) is 4.25. The summed E-state index contributed by atoms with van der Waals surface area (Å²) in [6.45, 7) is 1.69. The molecule has 2 rings (SSSR count). The Kier molecular flexibility index (Phi) is 6.67. The number of nitrogens with zero attached hydrogens (tertiary/aromatic N) is 1. The van der Waals surface area contributed by atoms with Gasteiger partial charge in [0, 0.05) is 19.2 Å². The molecule has 0 saturated heterocycles. The molecule has 5 nitrogen and oxygen atoms in total. The lowest BCUT2D eigenvalue weighted by molar-refractivity contribution is -0.133. The molecule has 0 unspecified atom stereocenters. The van der Waals surface area contributed by atoms with Crippen LogP contribution in [-0.2, 0) is 16.1 Å². The van der Waals surface area contributed by atoms with E-state index in [0.717, 1.165) is 11.3 Å². The monoisotopic (exact) mass is 380 g/mol. The van der Waals surface area contributed by atoms with Crippen LogP contribution in [0.5, 0.6) is 5.75 Å². The zero-order valence-corrected chi connectivity index (χ0v) is 15.4. The molecule has 2 amide bonds. The molecule has 0 aromatic heterocycles. The van der Waals surface area contributed by atoms with E-state index in [9.17, 15) is 9.59 Å². The average Bonchev–Trinajstić information content (AvgIpc) is 2.58. The van der Waals surface area contributed by atoms with Crippen LogP contribution >= 0.6 is 23.2 Å². The first kappa shape index (κ1) is 19.1. The van der Waals surface area contributed by atoms with E-state index in [4.69, 9.17) is 27.9 Å². The lowest BCUT2D eigenvalue weighted by atomic mass is 10.2. The number of amides is 2. The van der Waals surface area contributed by atoms with Gasteiger partial charge in [-0.2, -0.15) is 0 Å². The number of benzene rings is 2. The van der Waals surface area contributed by atoms with Gasteiger partial charge in [0.15, 0.2) is 0 Å². The fraction of sp³-hybridized carbons (Fsp3) is 0.222. The minimum atomic E-state index is -0.317. The Bertz CT molecular complexity index is 763. The summed E-state index contributed by atoms with van der Waals surface area (Å²) in [5.41, 5.74) is 1.42. The number of ether oxygens (including phenoxy) is 1.